The number of carbonyl (C=O) groups excluding carboxylic acids is 1. The summed E-state index contributed by atoms with van der Waals surface area (Å²) in [5.74, 6) is 0.112. The topological polar surface area (TPSA) is 26.8 Å². The molecule has 1 atom stereocenters. The molecule has 0 bridgehead atoms. The van der Waals surface area contributed by atoms with E-state index in [1.54, 1.807) is 6.08 Å². The Labute approximate surface area is 202 Å². The largest absolute Gasteiger partial charge is 0.339 e. The number of fused-ring (bicyclic) bond motifs is 2. The second kappa shape index (κ2) is 9.25. The van der Waals surface area contributed by atoms with Gasteiger partial charge >= 0.3 is 0 Å². The molecule has 0 radical (unpaired) electrons. The van der Waals surface area contributed by atoms with Crippen LogP contribution in [0.5, 0.6) is 0 Å². The predicted molar refractivity (Wildman–Crippen MR) is 136 cm³/mol. The second-order valence-corrected chi connectivity index (χ2v) is 10.5. The Morgan fingerprint density at radius 1 is 1.00 bits per heavy atom. The number of rotatable bonds is 3. The van der Waals surface area contributed by atoms with Crippen LogP contribution in [-0.2, 0) is 10.2 Å². The van der Waals surface area contributed by atoms with Gasteiger partial charge in [0.05, 0.1) is 0 Å². The maximum atomic E-state index is 12.9. The highest BCUT2D eigenvalue weighted by Crippen LogP contribution is 2.55. The number of likely N-dealkylation sites (tertiary alicyclic amines) is 1. The van der Waals surface area contributed by atoms with Crippen LogP contribution in [0.25, 0.3) is 6.08 Å². The van der Waals surface area contributed by atoms with E-state index in [-0.39, 0.29) is 11.3 Å². The smallest absolute Gasteiger partial charge is 0.246 e. The fraction of sp³-hybridized carbons (Fsp3) is 0.464. The molecule has 5 rings (SSSR count). The van der Waals surface area contributed by atoms with Crippen molar-refractivity contribution >= 4 is 23.6 Å². The van der Waals surface area contributed by atoms with E-state index in [0.29, 0.717) is 6.04 Å². The summed E-state index contributed by atoms with van der Waals surface area (Å²) < 4.78 is 0. The summed E-state index contributed by atoms with van der Waals surface area (Å²) in [5.41, 5.74) is 5.15. The summed E-state index contributed by atoms with van der Waals surface area (Å²) in [6.45, 7) is 8.11. The molecule has 1 unspecified atom stereocenters. The van der Waals surface area contributed by atoms with Crippen LogP contribution in [0.2, 0.25) is 5.02 Å². The average molecular weight is 464 g/mol. The average Bonchev–Trinajstić information content (AvgIpc) is 3.14. The Morgan fingerprint density at radius 3 is 2.45 bits per heavy atom. The summed E-state index contributed by atoms with van der Waals surface area (Å²) >= 11 is 6.83. The van der Waals surface area contributed by atoms with Gasteiger partial charge in [-0.15, -0.1) is 0 Å². The molecule has 2 heterocycles. The maximum Gasteiger partial charge on any atom is 0.246 e. The molecule has 2 fully saturated rings. The lowest BCUT2D eigenvalue weighted by Gasteiger charge is -2.41. The molecular formula is C28H34ClN3O. The number of likely N-dealkylation sites (N-methyl/N-ethyl adjacent to an activating group) is 1. The first-order valence-corrected chi connectivity index (χ1v) is 12.6. The highest BCUT2D eigenvalue weighted by molar-refractivity contribution is 6.31. The Morgan fingerprint density at radius 2 is 1.73 bits per heavy atom. The van der Waals surface area contributed by atoms with Gasteiger partial charge < -0.3 is 9.80 Å². The minimum Gasteiger partial charge on any atom is -0.339 e. The van der Waals surface area contributed by atoms with E-state index >= 15 is 0 Å². The van der Waals surface area contributed by atoms with E-state index in [1.165, 1.54) is 16.7 Å². The van der Waals surface area contributed by atoms with E-state index < -0.39 is 0 Å². The molecule has 2 aromatic carbocycles. The van der Waals surface area contributed by atoms with Crippen molar-refractivity contribution in [3.8, 4) is 0 Å². The lowest BCUT2D eigenvalue weighted by molar-refractivity contribution is -0.127. The van der Waals surface area contributed by atoms with Gasteiger partial charge in [-0.3, -0.25) is 9.69 Å². The molecule has 2 aromatic rings. The summed E-state index contributed by atoms with van der Waals surface area (Å²) in [6, 6.07) is 15.1. The molecule has 174 valence electrons. The minimum atomic E-state index is 0.0816. The summed E-state index contributed by atoms with van der Waals surface area (Å²) in [6.07, 6.45) is 6.78. The van der Waals surface area contributed by atoms with Crippen molar-refractivity contribution < 1.29 is 4.79 Å². The number of amides is 1. The molecule has 0 aromatic heterocycles. The van der Waals surface area contributed by atoms with E-state index in [9.17, 15) is 4.79 Å². The molecule has 4 nitrogen and oxygen atoms in total. The van der Waals surface area contributed by atoms with Gasteiger partial charge in [0.1, 0.15) is 0 Å². The molecule has 1 amide bonds. The number of benzene rings is 2. The van der Waals surface area contributed by atoms with Gasteiger partial charge in [-0.2, -0.15) is 0 Å². The highest BCUT2D eigenvalue weighted by atomic mass is 35.5. The molecule has 0 N–H and O–H groups in total. The fourth-order valence-electron chi connectivity index (χ4n) is 6.07. The molecule has 5 heteroatoms. The van der Waals surface area contributed by atoms with E-state index in [2.05, 4.69) is 54.1 Å². The third kappa shape index (κ3) is 4.37. The zero-order chi connectivity index (χ0) is 23.0. The summed E-state index contributed by atoms with van der Waals surface area (Å²) in [7, 11) is 2.21. The number of nitrogens with zero attached hydrogens (tertiary/aromatic N) is 3. The van der Waals surface area contributed by atoms with Crippen LogP contribution in [0, 0.1) is 6.92 Å². The van der Waals surface area contributed by atoms with Gasteiger partial charge in [0, 0.05) is 61.8 Å². The second-order valence-electron chi connectivity index (χ2n) is 10.1. The van der Waals surface area contributed by atoms with Crippen molar-refractivity contribution in [2.45, 2.75) is 37.6 Å². The van der Waals surface area contributed by atoms with Crippen molar-refractivity contribution in [1.82, 2.24) is 14.7 Å². The Balaban J connectivity index is 1.31. The first-order chi connectivity index (χ1) is 16.0. The third-order valence-corrected chi connectivity index (χ3v) is 8.44. The monoisotopic (exact) mass is 463 g/mol. The zero-order valence-electron chi connectivity index (χ0n) is 19.8. The number of carbonyl (C=O) groups is 1. The Bertz CT molecular complexity index is 1050. The Kier molecular flexibility index (Phi) is 6.34. The third-order valence-electron chi connectivity index (χ3n) is 8.12. The fourth-order valence-corrected chi connectivity index (χ4v) is 6.45. The number of halogens is 1. The van der Waals surface area contributed by atoms with Gasteiger partial charge in [-0.05, 0) is 67.6 Å². The highest BCUT2D eigenvalue weighted by Gasteiger charge is 2.48. The van der Waals surface area contributed by atoms with Crippen LogP contribution in [0.4, 0.5) is 0 Å². The normalized spacial score (nSPS) is 23.4. The van der Waals surface area contributed by atoms with E-state index in [4.69, 9.17) is 11.6 Å². The van der Waals surface area contributed by atoms with Crippen molar-refractivity contribution in [3.63, 3.8) is 0 Å². The van der Waals surface area contributed by atoms with Gasteiger partial charge in [0.15, 0.2) is 0 Å². The number of hydrogen-bond acceptors (Lipinski definition) is 3. The first-order valence-electron chi connectivity index (χ1n) is 12.2. The van der Waals surface area contributed by atoms with Gasteiger partial charge in [-0.1, -0.05) is 48.0 Å². The standard InChI is InChI=1S/C28H34ClN3O/c1-21-6-3-4-7-22(21)10-11-26(33)32-14-12-28(13-15-32)20-25(31-18-16-30(2)17-19-31)23-8-5-9-24(29)27(23)28/h3-11,25H,12-20H2,1-2H3/b11-10+. The molecule has 1 spiro atoms. The number of aryl methyl sites for hydroxylation is 1. The number of piperazine rings is 1. The lowest BCUT2D eigenvalue weighted by Crippen LogP contribution is -2.47. The van der Waals surface area contributed by atoms with Crippen molar-refractivity contribution in [2.75, 3.05) is 46.3 Å². The quantitative estimate of drug-likeness (QED) is 0.605. The SMILES string of the molecule is Cc1ccccc1/C=C/C(=O)N1CCC2(CC1)CC(N1CCN(C)CC1)c1cccc(Cl)c12. The van der Waals surface area contributed by atoms with Crippen LogP contribution < -0.4 is 0 Å². The van der Waals surface area contributed by atoms with Gasteiger partial charge in [0.2, 0.25) is 5.91 Å². The van der Waals surface area contributed by atoms with Crippen LogP contribution in [0.15, 0.2) is 48.5 Å². The van der Waals surface area contributed by atoms with E-state index in [1.807, 2.05) is 23.1 Å². The molecular weight excluding hydrogens is 430 g/mol. The molecule has 1 aliphatic carbocycles. The predicted octanol–water partition coefficient (Wildman–Crippen LogP) is 4.91. The van der Waals surface area contributed by atoms with Crippen LogP contribution in [0.1, 0.15) is 47.6 Å². The molecule has 3 aliphatic rings. The van der Waals surface area contributed by atoms with Crippen LogP contribution >= 0.6 is 11.6 Å². The zero-order valence-corrected chi connectivity index (χ0v) is 20.5. The summed E-state index contributed by atoms with van der Waals surface area (Å²) in [5, 5.41) is 0.906. The van der Waals surface area contributed by atoms with Crippen LogP contribution in [-0.4, -0.2) is 66.9 Å². The minimum absolute atomic E-state index is 0.0816. The molecule has 2 saturated heterocycles. The lowest BCUT2D eigenvalue weighted by atomic mass is 9.73. The number of hydrogen-bond donors (Lipinski definition) is 0. The molecule has 33 heavy (non-hydrogen) atoms. The summed E-state index contributed by atoms with van der Waals surface area (Å²) in [4.78, 5) is 20.0. The van der Waals surface area contributed by atoms with Crippen LogP contribution in [0.3, 0.4) is 0 Å². The van der Waals surface area contributed by atoms with Gasteiger partial charge in [-0.25, -0.2) is 0 Å². The van der Waals surface area contributed by atoms with E-state index in [0.717, 1.165) is 69.1 Å². The Hall–Kier alpha value is -2.14. The maximum absolute atomic E-state index is 12.9. The van der Waals surface area contributed by atoms with Gasteiger partial charge in [0.25, 0.3) is 0 Å². The molecule has 0 saturated carbocycles. The number of piperidine rings is 1. The molecule has 2 aliphatic heterocycles. The van der Waals surface area contributed by atoms with Crippen molar-refractivity contribution in [1.29, 1.82) is 0 Å². The first kappa shape index (κ1) is 22.6. The van der Waals surface area contributed by atoms with Crippen molar-refractivity contribution in [3.05, 3.63) is 75.8 Å². The van der Waals surface area contributed by atoms with Crippen molar-refractivity contribution in [2.24, 2.45) is 0 Å².